The van der Waals surface area contributed by atoms with Crippen LogP contribution in [0.15, 0.2) is 46.0 Å². The SMILES string of the molecule is C[C@H]1COCC(=O)N1C[C@H]1CN(S(=O)(=O)c2cccs2)CCN1c1ccc(C(C)(O)C(F)(F)F)cc1. The zero-order valence-corrected chi connectivity index (χ0v) is 21.4. The molecule has 13 heteroatoms. The van der Waals surface area contributed by atoms with E-state index in [1.54, 1.807) is 22.4 Å². The molecule has 4 rings (SSSR count). The van der Waals surface area contributed by atoms with Gasteiger partial charge in [0.1, 0.15) is 10.8 Å². The van der Waals surface area contributed by atoms with Gasteiger partial charge in [-0.3, -0.25) is 4.79 Å². The van der Waals surface area contributed by atoms with Crippen LogP contribution < -0.4 is 4.90 Å². The van der Waals surface area contributed by atoms with E-state index in [1.807, 2.05) is 11.8 Å². The lowest BCUT2D eigenvalue weighted by molar-refractivity contribution is -0.258. The smallest absolute Gasteiger partial charge is 0.376 e. The Morgan fingerprint density at radius 3 is 2.44 bits per heavy atom. The standard InChI is InChI=1S/C23H28F3N3O5S2/c1-16-14-34-15-20(30)29(16)13-19-12-27(36(32,33)21-4-3-11-35-21)9-10-28(19)18-7-5-17(6-8-18)22(2,31)23(24,25)26/h3-8,11,16,19,31H,9-10,12-15H2,1-2H3/t16-,19+,22?/m0/s1. The van der Waals surface area contributed by atoms with Gasteiger partial charge in [-0.25, -0.2) is 8.42 Å². The Morgan fingerprint density at radius 1 is 1.17 bits per heavy atom. The van der Waals surface area contributed by atoms with Crippen molar-refractivity contribution in [1.82, 2.24) is 9.21 Å². The molecule has 8 nitrogen and oxygen atoms in total. The van der Waals surface area contributed by atoms with Gasteiger partial charge in [-0.2, -0.15) is 17.5 Å². The summed E-state index contributed by atoms with van der Waals surface area (Å²) in [6, 6.07) is 7.95. The third-order valence-electron chi connectivity index (χ3n) is 6.69. The summed E-state index contributed by atoms with van der Waals surface area (Å²) in [6.07, 6.45) is -4.84. The minimum absolute atomic E-state index is 0.0600. The Hall–Kier alpha value is -2.19. The number of anilines is 1. The van der Waals surface area contributed by atoms with Crippen LogP contribution in [0.3, 0.4) is 0 Å². The Labute approximate surface area is 211 Å². The lowest BCUT2D eigenvalue weighted by Crippen LogP contribution is -2.61. The summed E-state index contributed by atoms with van der Waals surface area (Å²) in [5, 5.41) is 11.7. The number of thiophene rings is 1. The van der Waals surface area contributed by atoms with Crippen LogP contribution in [0.25, 0.3) is 0 Å². The zero-order valence-electron chi connectivity index (χ0n) is 19.8. The summed E-state index contributed by atoms with van der Waals surface area (Å²) in [5.74, 6) is -0.205. The lowest BCUT2D eigenvalue weighted by Gasteiger charge is -2.45. The van der Waals surface area contributed by atoms with E-state index in [2.05, 4.69) is 0 Å². The highest BCUT2D eigenvalue weighted by atomic mass is 32.2. The molecule has 2 aliphatic rings. The molecule has 198 valence electrons. The van der Waals surface area contributed by atoms with Gasteiger partial charge < -0.3 is 19.6 Å². The van der Waals surface area contributed by atoms with E-state index in [0.717, 1.165) is 11.3 Å². The van der Waals surface area contributed by atoms with E-state index in [1.165, 1.54) is 28.6 Å². The minimum Gasteiger partial charge on any atom is -0.376 e. The molecule has 2 saturated heterocycles. The molecule has 36 heavy (non-hydrogen) atoms. The van der Waals surface area contributed by atoms with Crippen molar-refractivity contribution >= 4 is 33.0 Å². The maximum atomic E-state index is 13.3. The van der Waals surface area contributed by atoms with E-state index >= 15 is 0 Å². The van der Waals surface area contributed by atoms with Crippen molar-refractivity contribution in [3.8, 4) is 0 Å². The third-order valence-corrected chi connectivity index (χ3v) is 9.93. The molecule has 1 amide bonds. The van der Waals surface area contributed by atoms with Crippen LogP contribution in [-0.4, -0.2) is 86.3 Å². The maximum absolute atomic E-state index is 13.3. The number of morpholine rings is 1. The molecule has 0 aliphatic carbocycles. The second kappa shape index (κ2) is 9.93. The van der Waals surface area contributed by atoms with Crippen molar-refractivity contribution in [2.24, 2.45) is 0 Å². The molecule has 2 aliphatic heterocycles. The predicted octanol–water partition coefficient (Wildman–Crippen LogP) is 2.64. The molecule has 1 aromatic carbocycles. The van der Waals surface area contributed by atoms with Gasteiger partial charge in [0.2, 0.25) is 5.91 Å². The van der Waals surface area contributed by atoms with Gasteiger partial charge in [-0.05, 0) is 43.0 Å². The van der Waals surface area contributed by atoms with Crippen molar-refractivity contribution < 1.29 is 36.2 Å². The maximum Gasteiger partial charge on any atom is 0.421 e. The zero-order chi connectivity index (χ0) is 26.3. The molecule has 0 bridgehead atoms. The molecule has 0 spiro atoms. The van der Waals surface area contributed by atoms with Crippen LogP contribution in [0.4, 0.5) is 18.9 Å². The Morgan fingerprint density at radius 2 is 1.86 bits per heavy atom. The summed E-state index contributed by atoms with van der Waals surface area (Å²) in [5.41, 5.74) is -2.73. The Kier molecular flexibility index (Phi) is 7.41. The van der Waals surface area contributed by atoms with Crippen LogP contribution in [-0.2, 0) is 25.2 Å². The normalized spacial score (nSPS) is 24.1. The molecule has 1 aromatic heterocycles. The quantitative estimate of drug-likeness (QED) is 0.598. The Balaban J connectivity index is 1.63. The summed E-state index contributed by atoms with van der Waals surface area (Å²) < 4.78 is 73.1. The number of carbonyl (C=O) groups is 1. The van der Waals surface area contributed by atoms with E-state index in [0.29, 0.717) is 19.2 Å². The number of rotatable bonds is 6. The van der Waals surface area contributed by atoms with Crippen molar-refractivity contribution in [3.05, 3.63) is 47.3 Å². The summed E-state index contributed by atoms with van der Waals surface area (Å²) >= 11 is 1.12. The molecular weight excluding hydrogens is 519 g/mol. The lowest BCUT2D eigenvalue weighted by atomic mass is 9.95. The average molecular weight is 548 g/mol. The van der Waals surface area contributed by atoms with E-state index in [-0.39, 0.29) is 54.5 Å². The van der Waals surface area contributed by atoms with Crippen molar-refractivity contribution in [3.63, 3.8) is 0 Å². The highest BCUT2D eigenvalue weighted by Gasteiger charge is 2.51. The number of carbonyl (C=O) groups excluding carboxylic acids is 1. The number of aliphatic hydroxyl groups is 1. The number of halogens is 3. The Bertz CT molecular complexity index is 1170. The van der Waals surface area contributed by atoms with Crippen molar-refractivity contribution in [2.45, 2.75) is 41.9 Å². The predicted molar refractivity (Wildman–Crippen MR) is 128 cm³/mol. The van der Waals surface area contributed by atoms with Gasteiger partial charge in [0, 0.05) is 31.9 Å². The fourth-order valence-electron chi connectivity index (χ4n) is 4.46. The van der Waals surface area contributed by atoms with Gasteiger partial charge in [0.25, 0.3) is 10.0 Å². The number of amides is 1. The van der Waals surface area contributed by atoms with Gasteiger partial charge in [0.05, 0.1) is 18.7 Å². The molecule has 3 heterocycles. The first-order valence-corrected chi connectivity index (χ1v) is 13.7. The highest BCUT2D eigenvalue weighted by Crippen LogP contribution is 2.39. The van der Waals surface area contributed by atoms with Crippen molar-refractivity contribution in [2.75, 3.05) is 44.3 Å². The minimum atomic E-state index is -4.84. The number of sulfonamides is 1. The molecule has 0 saturated carbocycles. The van der Waals surface area contributed by atoms with E-state index in [9.17, 15) is 31.5 Å². The largest absolute Gasteiger partial charge is 0.421 e. The monoisotopic (exact) mass is 547 g/mol. The van der Waals surface area contributed by atoms with Crippen LogP contribution in [0.5, 0.6) is 0 Å². The van der Waals surface area contributed by atoms with Gasteiger partial charge in [-0.15, -0.1) is 11.3 Å². The van der Waals surface area contributed by atoms with Gasteiger partial charge in [-0.1, -0.05) is 18.2 Å². The van der Waals surface area contributed by atoms with Crippen molar-refractivity contribution in [1.29, 1.82) is 0 Å². The number of hydrogen-bond acceptors (Lipinski definition) is 7. The first kappa shape index (κ1) is 26.9. The third kappa shape index (κ3) is 5.12. The number of nitrogens with zero attached hydrogens (tertiary/aromatic N) is 3. The highest BCUT2D eigenvalue weighted by molar-refractivity contribution is 7.91. The van der Waals surface area contributed by atoms with Gasteiger partial charge in [0.15, 0.2) is 5.60 Å². The summed E-state index contributed by atoms with van der Waals surface area (Å²) in [7, 11) is -3.73. The number of hydrogen-bond donors (Lipinski definition) is 1. The summed E-state index contributed by atoms with van der Waals surface area (Å²) in [6.45, 7) is 3.61. The first-order chi connectivity index (χ1) is 16.8. The average Bonchev–Trinajstić information content (AvgIpc) is 3.37. The molecule has 2 fully saturated rings. The number of piperazine rings is 1. The van der Waals surface area contributed by atoms with E-state index < -0.39 is 27.8 Å². The number of benzene rings is 1. The van der Waals surface area contributed by atoms with E-state index in [4.69, 9.17) is 4.74 Å². The fourth-order valence-corrected chi connectivity index (χ4v) is 7.08. The second-order valence-corrected chi connectivity index (χ2v) is 12.3. The molecule has 3 atom stereocenters. The first-order valence-electron chi connectivity index (χ1n) is 11.4. The molecule has 1 N–H and O–H groups in total. The van der Waals surface area contributed by atoms with Crippen LogP contribution in [0.1, 0.15) is 19.4 Å². The van der Waals surface area contributed by atoms with Crippen LogP contribution >= 0.6 is 11.3 Å². The second-order valence-electron chi connectivity index (χ2n) is 9.17. The van der Waals surface area contributed by atoms with Gasteiger partial charge >= 0.3 is 6.18 Å². The topological polar surface area (TPSA) is 90.4 Å². The molecule has 0 radical (unpaired) electrons. The molecular formula is C23H28F3N3O5S2. The summed E-state index contributed by atoms with van der Waals surface area (Å²) in [4.78, 5) is 16.1. The number of alkyl halides is 3. The van der Waals surface area contributed by atoms with Crippen LogP contribution in [0.2, 0.25) is 0 Å². The molecule has 1 unspecified atom stereocenters. The number of ether oxygens (including phenoxy) is 1. The van der Waals surface area contributed by atoms with Crippen LogP contribution in [0, 0.1) is 0 Å². The molecule has 2 aromatic rings. The fraction of sp³-hybridized carbons (Fsp3) is 0.522.